The molecule has 3 heterocycles. The van der Waals surface area contributed by atoms with Crippen LogP contribution in [-0.4, -0.2) is 58.8 Å². The van der Waals surface area contributed by atoms with E-state index >= 15 is 0 Å². The van der Waals surface area contributed by atoms with Gasteiger partial charge in [-0.1, -0.05) is 0 Å². The molecule has 0 unspecified atom stereocenters. The molecule has 1 spiro atoms. The summed E-state index contributed by atoms with van der Waals surface area (Å²) in [5.74, 6) is 0.179. The van der Waals surface area contributed by atoms with Crippen LogP contribution >= 0.6 is 0 Å². The molecule has 0 saturated carbocycles. The highest BCUT2D eigenvalue weighted by molar-refractivity contribution is 5.90. The van der Waals surface area contributed by atoms with Crippen molar-refractivity contribution in [2.45, 2.75) is 37.9 Å². The molecule has 2 aliphatic rings. The van der Waals surface area contributed by atoms with Crippen LogP contribution < -0.4 is 0 Å². The Morgan fingerprint density at radius 2 is 2.14 bits per heavy atom. The number of carbonyl (C=O) groups is 1. The average Bonchev–Trinajstić information content (AvgIpc) is 2.91. The van der Waals surface area contributed by atoms with Crippen molar-refractivity contribution >= 4 is 5.91 Å². The molecule has 6 nitrogen and oxygen atoms in total. The lowest BCUT2D eigenvalue weighted by Gasteiger charge is -2.38. The summed E-state index contributed by atoms with van der Waals surface area (Å²) >= 11 is 0. The van der Waals surface area contributed by atoms with E-state index in [0.717, 1.165) is 25.9 Å². The predicted molar refractivity (Wildman–Crippen MR) is 75.9 cm³/mol. The fourth-order valence-electron chi connectivity index (χ4n) is 3.16. The molecule has 0 N–H and O–H groups in total. The molecule has 1 aromatic heterocycles. The summed E-state index contributed by atoms with van der Waals surface area (Å²) in [6.07, 6.45) is 6.04. The Morgan fingerprint density at radius 3 is 2.81 bits per heavy atom. The molecule has 1 aromatic rings. The summed E-state index contributed by atoms with van der Waals surface area (Å²) in [6, 6.07) is 1.71. The first-order chi connectivity index (χ1) is 10.2. The van der Waals surface area contributed by atoms with Crippen LogP contribution in [0.25, 0.3) is 0 Å². The fraction of sp³-hybridized carbons (Fsp3) is 0.667. The maximum absolute atomic E-state index is 12.3. The second-order valence-electron chi connectivity index (χ2n) is 5.64. The van der Waals surface area contributed by atoms with Gasteiger partial charge in [-0.25, -0.2) is 9.97 Å². The monoisotopic (exact) mass is 291 g/mol. The first-order valence-electron chi connectivity index (χ1n) is 7.54. The third-order valence-electron chi connectivity index (χ3n) is 4.30. The largest absolute Gasteiger partial charge is 0.376 e. The number of likely N-dealkylation sites (tertiary alicyclic amines) is 1. The zero-order valence-corrected chi connectivity index (χ0v) is 12.3. The summed E-state index contributed by atoms with van der Waals surface area (Å²) in [4.78, 5) is 22.2. The number of hydrogen-bond acceptors (Lipinski definition) is 5. The van der Waals surface area contributed by atoms with Gasteiger partial charge >= 0.3 is 0 Å². The number of piperidine rings is 1. The van der Waals surface area contributed by atoms with Crippen molar-refractivity contribution in [1.82, 2.24) is 14.9 Å². The molecule has 0 radical (unpaired) electrons. The Morgan fingerprint density at radius 1 is 1.43 bits per heavy atom. The van der Waals surface area contributed by atoms with Gasteiger partial charge in [-0.3, -0.25) is 4.79 Å². The summed E-state index contributed by atoms with van der Waals surface area (Å²) in [5.41, 5.74) is -0.103. The normalized spacial score (nSPS) is 24.4. The second-order valence-corrected chi connectivity index (χ2v) is 5.64. The Balaban J connectivity index is 1.57. The van der Waals surface area contributed by atoms with Crippen molar-refractivity contribution in [2.24, 2.45) is 0 Å². The number of aromatic nitrogens is 2. The van der Waals surface area contributed by atoms with E-state index in [9.17, 15) is 4.79 Å². The third-order valence-corrected chi connectivity index (χ3v) is 4.30. The van der Waals surface area contributed by atoms with Gasteiger partial charge in [-0.2, -0.15) is 0 Å². The maximum atomic E-state index is 12.3. The molecule has 0 aromatic carbocycles. The molecule has 1 atom stereocenters. The topological polar surface area (TPSA) is 64.6 Å². The van der Waals surface area contributed by atoms with Crippen molar-refractivity contribution in [3.8, 4) is 0 Å². The quantitative estimate of drug-likeness (QED) is 0.839. The van der Waals surface area contributed by atoms with Crippen LogP contribution in [-0.2, 0) is 9.47 Å². The zero-order valence-electron chi connectivity index (χ0n) is 12.3. The summed E-state index contributed by atoms with van der Waals surface area (Å²) in [7, 11) is 0. The smallest absolute Gasteiger partial charge is 0.291 e. The maximum Gasteiger partial charge on any atom is 0.291 e. The zero-order chi connectivity index (χ0) is 14.7. The highest BCUT2D eigenvalue weighted by Gasteiger charge is 2.43. The lowest BCUT2D eigenvalue weighted by molar-refractivity contribution is -0.0409. The molecular weight excluding hydrogens is 270 g/mol. The Bertz CT molecular complexity index is 486. The SMILES string of the molecule is CCO[C@@H]1COC2(CCN(C(=O)c3ncccn3)CC2)C1. The van der Waals surface area contributed by atoms with Crippen LogP contribution in [0.1, 0.15) is 36.8 Å². The van der Waals surface area contributed by atoms with Crippen molar-refractivity contribution < 1.29 is 14.3 Å². The van der Waals surface area contributed by atoms with E-state index in [2.05, 4.69) is 9.97 Å². The van der Waals surface area contributed by atoms with Crippen LogP contribution in [0.3, 0.4) is 0 Å². The molecular formula is C15H21N3O3. The third kappa shape index (κ3) is 3.06. The number of carbonyl (C=O) groups excluding carboxylic acids is 1. The van der Waals surface area contributed by atoms with E-state index in [4.69, 9.17) is 9.47 Å². The van der Waals surface area contributed by atoms with Crippen LogP contribution in [0.2, 0.25) is 0 Å². The first kappa shape index (κ1) is 14.4. The summed E-state index contributed by atoms with van der Waals surface area (Å²) in [5, 5.41) is 0. The summed E-state index contributed by atoms with van der Waals surface area (Å²) < 4.78 is 11.6. The van der Waals surface area contributed by atoms with Gasteiger partial charge < -0.3 is 14.4 Å². The van der Waals surface area contributed by atoms with Crippen molar-refractivity contribution in [2.75, 3.05) is 26.3 Å². The number of nitrogens with zero attached hydrogens (tertiary/aromatic N) is 3. The van der Waals surface area contributed by atoms with Crippen molar-refractivity contribution in [3.63, 3.8) is 0 Å². The van der Waals surface area contributed by atoms with E-state index in [1.807, 2.05) is 11.8 Å². The van der Waals surface area contributed by atoms with E-state index in [1.54, 1.807) is 18.5 Å². The van der Waals surface area contributed by atoms with Gasteiger partial charge in [0.2, 0.25) is 5.82 Å². The molecule has 21 heavy (non-hydrogen) atoms. The lowest BCUT2D eigenvalue weighted by atomic mass is 9.88. The van der Waals surface area contributed by atoms with Gasteiger partial charge in [-0.15, -0.1) is 0 Å². The molecule has 2 aliphatic heterocycles. The minimum absolute atomic E-state index is 0.0928. The van der Waals surface area contributed by atoms with Gasteiger partial charge in [0.1, 0.15) is 0 Å². The minimum Gasteiger partial charge on any atom is -0.376 e. The van der Waals surface area contributed by atoms with E-state index < -0.39 is 0 Å². The molecule has 3 rings (SSSR count). The van der Waals surface area contributed by atoms with Gasteiger partial charge in [0.15, 0.2) is 0 Å². The van der Waals surface area contributed by atoms with Crippen molar-refractivity contribution in [3.05, 3.63) is 24.3 Å². The molecule has 2 fully saturated rings. The van der Waals surface area contributed by atoms with Gasteiger partial charge in [0, 0.05) is 38.5 Å². The first-order valence-corrected chi connectivity index (χ1v) is 7.54. The molecule has 114 valence electrons. The van der Waals surface area contributed by atoms with Gasteiger partial charge in [0.05, 0.1) is 18.3 Å². The molecule has 2 saturated heterocycles. The molecule has 1 amide bonds. The summed E-state index contributed by atoms with van der Waals surface area (Å²) in [6.45, 7) is 4.78. The van der Waals surface area contributed by atoms with Crippen molar-refractivity contribution in [1.29, 1.82) is 0 Å². The predicted octanol–water partition coefficient (Wildman–Crippen LogP) is 1.28. The van der Waals surface area contributed by atoms with Gasteiger partial charge in [0.25, 0.3) is 5.91 Å². The Kier molecular flexibility index (Phi) is 4.17. The molecule has 0 aliphatic carbocycles. The number of hydrogen-bond donors (Lipinski definition) is 0. The Labute approximate surface area is 124 Å². The highest BCUT2D eigenvalue weighted by atomic mass is 16.6. The average molecular weight is 291 g/mol. The van der Waals surface area contributed by atoms with E-state index in [1.165, 1.54) is 0 Å². The van der Waals surface area contributed by atoms with E-state index in [-0.39, 0.29) is 23.4 Å². The van der Waals surface area contributed by atoms with Crippen LogP contribution in [0.15, 0.2) is 18.5 Å². The van der Waals surface area contributed by atoms with Gasteiger partial charge in [-0.05, 0) is 25.8 Å². The number of amides is 1. The second kappa shape index (κ2) is 6.07. The number of ether oxygens (including phenoxy) is 2. The minimum atomic E-state index is -0.103. The van der Waals surface area contributed by atoms with Crippen LogP contribution in [0, 0.1) is 0 Å². The van der Waals surface area contributed by atoms with Crippen LogP contribution in [0.5, 0.6) is 0 Å². The number of rotatable bonds is 3. The Hall–Kier alpha value is -1.53. The fourth-order valence-corrected chi connectivity index (χ4v) is 3.16. The molecule has 0 bridgehead atoms. The van der Waals surface area contributed by atoms with Crippen LogP contribution in [0.4, 0.5) is 0 Å². The molecule has 6 heteroatoms. The lowest BCUT2D eigenvalue weighted by Crippen LogP contribution is -2.47. The standard InChI is InChI=1S/C15H21N3O3/c1-2-20-12-10-15(21-11-12)4-8-18(9-5-15)14(19)13-16-6-3-7-17-13/h3,6-7,12H,2,4-5,8-11H2,1H3/t12-/m0/s1. The highest BCUT2D eigenvalue weighted by Crippen LogP contribution is 2.37. The van der Waals surface area contributed by atoms with E-state index in [0.29, 0.717) is 19.7 Å².